The van der Waals surface area contributed by atoms with Crippen molar-refractivity contribution in [2.45, 2.75) is 43.1 Å². The van der Waals surface area contributed by atoms with Crippen LogP contribution in [-0.2, 0) is 0 Å². The molecule has 0 saturated carbocycles. The van der Waals surface area contributed by atoms with Crippen molar-refractivity contribution in [3.8, 4) is 0 Å². The molecule has 0 spiro atoms. The van der Waals surface area contributed by atoms with Crippen LogP contribution in [0.15, 0.2) is 0 Å². The van der Waals surface area contributed by atoms with E-state index >= 15 is 0 Å². The first kappa shape index (κ1) is 12.0. The number of alkyl halides is 2. The SMILES string of the molecule is ClC(Cl)(N1CCCCC1)N1CCCCC1. The van der Waals surface area contributed by atoms with Gasteiger partial charge in [0.05, 0.1) is 0 Å². The van der Waals surface area contributed by atoms with Gasteiger partial charge in [0.2, 0.25) is 4.58 Å². The van der Waals surface area contributed by atoms with E-state index in [1.165, 1.54) is 38.5 Å². The van der Waals surface area contributed by atoms with Gasteiger partial charge in [0, 0.05) is 26.2 Å². The highest BCUT2D eigenvalue weighted by Crippen LogP contribution is 2.34. The summed E-state index contributed by atoms with van der Waals surface area (Å²) in [5, 5.41) is 0. The number of hydrogen-bond donors (Lipinski definition) is 0. The monoisotopic (exact) mass is 250 g/mol. The Labute approximate surface area is 103 Å². The molecular weight excluding hydrogens is 231 g/mol. The number of halogens is 2. The predicted octanol–water partition coefficient (Wildman–Crippen LogP) is 3.05. The summed E-state index contributed by atoms with van der Waals surface area (Å²) in [6, 6.07) is 0. The van der Waals surface area contributed by atoms with Gasteiger partial charge in [0.25, 0.3) is 0 Å². The van der Waals surface area contributed by atoms with Crippen molar-refractivity contribution < 1.29 is 0 Å². The zero-order chi connectivity index (χ0) is 10.7. The summed E-state index contributed by atoms with van der Waals surface area (Å²) in [5.41, 5.74) is 0. The van der Waals surface area contributed by atoms with Crippen molar-refractivity contribution in [1.82, 2.24) is 9.80 Å². The van der Waals surface area contributed by atoms with Crippen LogP contribution in [0.25, 0.3) is 0 Å². The van der Waals surface area contributed by atoms with Gasteiger partial charge in [-0.15, -0.1) is 0 Å². The highest BCUT2D eigenvalue weighted by atomic mass is 35.5. The van der Waals surface area contributed by atoms with Gasteiger partial charge in [-0.3, -0.25) is 9.80 Å². The summed E-state index contributed by atoms with van der Waals surface area (Å²) >= 11 is 13.0. The van der Waals surface area contributed by atoms with Crippen LogP contribution in [0.2, 0.25) is 0 Å². The molecule has 0 aromatic carbocycles. The maximum atomic E-state index is 6.51. The molecule has 2 nitrogen and oxygen atoms in total. The normalized spacial score (nSPS) is 26.8. The third kappa shape index (κ3) is 2.79. The highest BCUT2D eigenvalue weighted by Gasteiger charge is 2.39. The van der Waals surface area contributed by atoms with E-state index in [-0.39, 0.29) is 0 Å². The van der Waals surface area contributed by atoms with Crippen molar-refractivity contribution in [1.29, 1.82) is 0 Å². The fourth-order valence-corrected chi connectivity index (χ4v) is 3.20. The minimum absolute atomic E-state index is 0.749. The molecule has 0 aromatic rings. The maximum Gasteiger partial charge on any atom is 0.229 e. The number of nitrogens with zero attached hydrogens (tertiary/aromatic N) is 2. The van der Waals surface area contributed by atoms with Crippen LogP contribution in [0.4, 0.5) is 0 Å². The molecule has 2 fully saturated rings. The Balaban J connectivity index is 1.96. The predicted molar refractivity (Wildman–Crippen MR) is 65.3 cm³/mol. The van der Waals surface area contributed by atoms with Gasteiger partial charge in [0.15, 0.2) is 0 Å². The summed E-state index contributed by atoms with van der Waals surface area (Å²) < 4.78 is -0.749. The van der Waals surface area contributed by atoms with Crippen molar-refractivity contribution in [3.63, 3.8) is 0 Å². The van der Waals surface area contributed by atoms with Crippen LogP contribution in [0.5, 0.6) is 0 Å². The molecule has 4 heteroatoms. The third-order valence-corrected chi connectivity index (χ3v) is 4.43. The highest BCUT2D eigenvalue weighted by molar-refractivity contribution is 6.47. The number of rotatable bonds is 2. The molecule has 2 saturated heterocycles. The Bertz CT molecular complexity index is 177. The molecule has 0 aromatic heterocycles. The Morgan fingerprint density at radius 2 is 0.933 bits per heavy atom. The van der Waals surface area contributed by atoms with Crippen LogP contribution in [0.1, 0.15) is 38.5 Å². The molecule has 2 rings (SSSR count). The second-order valence-corrected chi connectivity index (χ2v) is 5.85. The standard InChI is InChI=1S/C11H20Cl2N2/c12-11(13,14-7-3-1-4-8-14)15-9-5-2-6-10-15/h1-10H2. The van der Waals surface area contributed by atoms with Crippen molar-refractivity contribution >= 4 is 23.2 Å². The average Bonchev–Trinajstić information content (AvgIpc) is 2.31. The number of hydrogen-bond acceptors (Lipinski definition) is 2. The van der Waals surface area contributed by atoms with Crippen LogP contribution >= 0.6 is 23.2 Å². The van der Waals surface area contributed by atoms with Gasteiger partial charge in [0.1, 0.15) is 0 Å². The van der Waals surface area contributed by atoms with E-state index in [1.807, 2.05) is 0 Å². The fourth-order valence-electron chi connectivity index (χ4n) is 2.53. The summed E-state index contributed by atoms with van der Waals surface area (Å²) in [6.07, 6.45) is 7.56. The largest absolute Gasteiger partial charge is 0.260 e. The zero-order valence-corrected chi connectivity index (χ0v) is 10.7. The molecule has 0 atom stereocenters. The van der Waals surface area contributed by atoms with Gasteiger partial charge in [-0.05, 0) is 25.7 Å². The van der Waals surface area contributed by atoms with Crippen molar-refractivity contribution in [2.75, 3.05) is 26.2 Å². The average molecular weight is 251 g/mol. The molecule has 0 bridgehead atoms. The molecule has 2 aliphatic heterocycles. The smallest absolute Gasteiger partial charge is 0.229 e. The van der Waals surface area contributed by atoms with E-state index in [1.54, 1.807) is 0 Å². The second kappa shape index (κ2) is 5.22. The third-order valence-electron chi connectivity index (χ3n) is 3.47. The summed E-state index contributed by atoms with van der Waals surface area (Å²) in [7, 11) is 0. The van der Waals surface area contributed by atoms with Crippen LogP contribution < -0.4 is 0 Å². The van der Waals surface area contributed by atoms with Gasteiger partial charge < -0.3 is 0 Å². The molecule has 0 aliphatic carbocycles. The van der Waals surface area contributed by atoms with Crippen LogP contribution in [0.3, 0.4) is 0 Å². The second-order valence-electron chi connectivity index (χ2n) is 4.60. The molecule has 0 amide bonds. The topological polar surface area (TPSA) is 6.48 Å². The molecule has 15 heavy (non-hydrogen) atoms. The minimum Gasteiger partial charge on any atom is -0.260 e. The van der Waals surface area contributed by atoms with Gasteiger partial charge in [-0.1, -0.05) is 36.0 Å². The van der Waals surface area contributed by atoms with E-state index in [0.717, 1.165) is 26.2 Å². The van der Waals surface area contributed by atoms with Gasteiger partial charge >= 0.3 is 0 Å². The van der Waals surface area contributed by atoms with E-state index in [9.17, 15) is 0 Å². The van der Waals surface area contributed by atoms with Crippen LogP contribution in [-0.4, -0.2) is 40.6 Å². The minimum atomic E-state index is -0.749. The number of piperidine rings is 2. The Hall–Kier alpha value is 0.500. The molecule has 2 aliphatic rings. The first-order valence-corrected chi connectivity index (χ1v) is 6.85. The van der Waals surface area contributed by atoms with E-state index in [0.29, 0.717) is 0 Å². The number of likely N-dealkylation sites (tertiary alicyclic amines) is 2. The lowest BCUT2D eigenvalue weighted by Crippen LogP contribution is -2.56. The lowest BCUT2D eigenvalue weighted by atomic mass is 10.1. The van der Waals surface area contributed by atoms with E-state index < -0.39 is 4.58 Å². The maximum absolute atomic E-state index is 6.51. The van der Waals surface area contributed by atoms with Gasteiger partial charge in [-0.25, -0.2) is 0 Å². The van der Waals surface area contributed by atoms with E-state index in [4.69, 9.17) is 23.2 Å². The quantitative estimate of drug-likeness (QED) is 0.549. The van der Waals surface area contributed by atoms with Crippen molar-refractivity contribution in [3.05, 3.63) is 0 Å². The van der Waals surface area contributed by atoms with Crippen molar-refractivity contribution in [2.24, 2.45) is 0 Å². The molecule has 0 N–H and O–H groups in total. The molecular formula is C11H20Cl2N2. The van der Waals surface area contributed by atoms with E-state index in [2.05, 4.69) is 9.80 Å². The molecule has 0 unspecified atom stereocenters. The molecule has 88 valence electrons. The van der Waals surface area contributed by atoms with Crippen LogP contribution in [0, 0.1) is 0 Å². The Morgan fingerprint density at radius 3 is 1.27 bits per heavy atom. The summed E-state index contributed by atoms with van der Waals surface area (Å²) in [5.74, 6) is 0. The first-order valence-electron chi connectivity index (χ1n) is 6.09. The van der Waals surface area contributed by atoms with Gasteiger partial charge in [-0.2, -0.15) is 0 Å². The summed E-state index contributed by atoms with van der Waals surface area (Å²) in [6.45, 7) is 4.18. The lowest BCUT2D eigenvalue weighted by Gasteiger charge is -2.45. The Morgan fingerprint density at radius 1 is 0.600 bits per heavy atom. The molecule has 0 radical (unpaired) electrons. The first-order chi connectivity index (χ1) is 7.21. The molecule has 2 heterocycles. The summed E-state index contributed by atoms with van der Waals surface area (Å²) in [4.78, 5) is 4.45. The fraction of sp³-hybridized carbons (Fsp3) is 1.00. The Kier molecular flexibility index (Phi) is 4.17. The zero-order valence-electron chi connectivity index (χ0n) is 9.22. The lowest BCUT2D eigenvalue weighted by molar-refractivity contribution is 0.0402.